The minimum absolute atomic E-state index is 0.110. The fourth-order valence-corrected chi connectivity index (χ4v) is 2.71. The first-order valence-electron chi connectivity index (χ1n) is 6.09. The summed E-state index contributed by atoms with van der Waals surface area (Å²) in [6.45, 7) is 2.80. The molecule has 2 aromatic heterocycles. The maximum Gasteiger partial charge on any atom is 0.123 e. The predicted molar refractivity (Wildman–Crippen MR) is 73.9 cm³/mol. The van der Waals surface area contributed by atoms with E-state index in [-0.39, 0.29) is 6.04 Å². The third kappa shape index (κ3) is 3.70. The van der Waals surface area contributed by atoms with Crippen LogP contribution in [0, 0.1) is 0 Å². The molecule has 2 heterocycles. The zero-order chi connectivity index (χ0) is 12.8. The van der Waals surface area contributed by atoms with E-state index in [1.807, 2.05) is 12.1 Å². The zero-order valence-electron chi connectivity index (χ0n) is 10.8. The Balaban J connectivity index is 1.92. The fraction of sp³-hybridized carbons (Fsp3) is 0.429. The molecule has 0 fully saturated rings. The van der Waals surface area contributed by atoms with Crippen LogP contribution in [0.5, 0.6) is 0 Å². The summed E-state index contributed by atoms with van der Waals surface area (Å²) in [6, 6.07) is 6.54. The summed E-state index contributed by atoms with van der Waals surface area (Å²) in [5.41, 5.74) is 1.37. The molecule has 1 N–H and O–H groups in total. The second-order valence-corrected chi connectivity index (χ2v) is 5.21. The van der Waals surface area contributed by atoms with E-state index in [1.54, 1.807) is 24.7 Å². The molecule has 2 rings (SSSR count). The molecule has 2 unspecified atom stereocenters. The normalized spacial score (nSPS) is 14.6. The van der Waals surface area contributed by atoms with E-state index in [2.05, 4.69) is 29.1 Å². The Morgan fingerprint density at radius 2 is 2.33 bits per heavy atom. The summed E-state index contributed by atoms with van der Waals surface area (Å²) in [6.07, 6.45) is 2.72. The van der Waals surface area contributed by atoms with Crippen molar-refractivity contribution in [3.05, 3.63) is 46.5 Å². The van der Waals surface area contributed by atoms with Gasteiger partial charge < -0.3 is 14.5 Å². The Bertz CT molecular complexity index is 425. The van der Waals surface area contributed by atoms with Crippen LogP contribution in [-0.2, 0) is 11.2 Å². The SMILES string of the molecule is COCC(NC(C)Cc1ccsc1)c1ccco1. The molecule has 0 amide bonds. The molecule has 0 aliphatic heterocycles. The maximum absolute atomic E-state index is 5.44. The highest BCUT2D eigenvalue weighted by atomic mass is 32.1. The van der Waals surface area contributed by atoms with Gasteiger partial charge in [0.15, 0.2) is 0 Å². The van der Waals surface area contributed by atoms with Gasteiger partial charge in [0.05, 0.1) is 18.9 Å². The van der Waals surface area contributed by atoms with E-state index in [0.29, 0.717) is 12.6 Å². The van der Waals surface area contributed by atoms with Crippen LogP contribution in [-0.4, -0.2) is 19.8 Å². The molecule has 4 heteroatoms. The van der Waals surface area contributed by atoms with Crippen molar-refractivity contribution in [1.29, 1.82) is 0 Å². The number of furan rings is 1. The van der Waals surface area contributed by atoms with Crippen molar-refractivity contribution in [2.45, 2.75) is 25.4 Å². The summed E-state index contributed by atoms with van der Waals surface area (Å²) < 4.78 is 10.7. The van der Waals surface area contributed by atoms with E-state index < -0.39 is 0 Å². The molecule has 0 saturated heterocycles. The van der Waals surface area contributed by atoms with E-state index in [1.165, 1.54) is 5.56 Å². The number of thiophene rings is 1. The van der Waals surface area contributed by atoms with Gasteiger partial charge in [0.1, 0.15) is 5.76 Å². The van der Waals surface area contributed by atoms with Crippen LogP contribution in [0.15, 0.2) is 39.6 Å². The highest BCUT2D eigenvalue weighted by Gasteiger charge is 2.16. The van der Waals surface area contributed by atoms with Crippen LogP contribution in [0.2, 0.25) is 0 Å². The van der Waals surface area contributed by atoms with E-state index in [9.17, 15) is 0 Å². The monoisotopic (exact) mass is 265 g/mol. The van der Waals surface area contributed by atoms with Crippen molar-refractivity contribution in [3.8, 4) is 0 Å². The minimum atomic E-state index is 0.110. The van der Waals surface area contributed by atoms with Gasteiger partial charge in [-0.3, -0.25) is 0 Å². The summed E-state index contributed by atoms with van der Waals surface area (Å²) in [4.78, 5) is 0. The second-order valence-electron chi connectivity index (χ2n) is 4.43. The van der Waals surface area contributed by atoms with Gasteiger partial charge in [-0.2, -0.15) is 11.3 Å². The molecule has 0 radical (unpaired) electrons. The first-order chi connectivity index (χ1) is 8.79. The molecule has 2 aromatic rings. The van der Waals surface area contributed by atoms with Crippen LogP contribution in [0.3, 0.4) is 0 Å². The largest absolute Gasteiger partial charge is 0.468 e. The molecule has 98 valence electrons. The van der Waals surface area contributed by atoms with Crippen molar-refractivity contribution in [1.82, 2.24) is 5.32 Å². The lowest BCUT2D eigenvalue weighted by molar-refractivity contribution is 0.152. The van der Waals surface area contributed by atoms with Crippen molar-refractivity contribution in [2.24, 2.45) is 0 Å². The number of hydrogen-bond acceptors (Lipinski definition) is 4. The minimum Gasteiger partial charge on any atom is -0.468 e. The molecule has 0 bridgehead atoms. The lowest BCUT2D eigenvalue weighted by atomic mass is 10.1. The molecular formula is C14H19NO2S. The van der Waals surface area contributed by atoms with Crippen molar-refractivity contribution >= 4 is 11.3 Å². The summed E-state index contributed by atoms with van der Waals surface area (Å²) in [7, 11) is 1.71. The van der Waals surface area contributed by atoms with Crippen LogP contribution in [0.4, 0.5) is 0 Å². The van der Waals surface area contributed by atoms with Crippen molar-refractivity contribution in [3.63, 3.8) is 0 Å². The maximum atomic E-state index is 5.44. The molecule has 0 aliphatic carbocycles. The quantitative estimate of drug-likeness (QED) is 0.834. The van der Waals surface area contributed by atoms with Crippen molar-refractivity contribution in [2.75, 3.05) is 13.7 Å². The molecule has 0 saturated carbocycles. The first kappa shape index (κ1) is 13.3. The topological polar surface area (TPSA) is 34.4 Å². The Hall–Kier alpha value is -1.10. The highest BCUT2D eigenvalue weighted by molar-refractivity contribution is 7.07. The third-order valence-corrected chi connectivity index (χ3v) is 3.56. The molecular weight excluding hydrogens is 246 g/mol. The average Bonchev–Trinajstić information content (AvgIpc) is 3.00. The lowest BCUT2D eigenvalue weighted by Crippen LogP contribution is -2.34. The smallest absolute Gasteiger partial charge is 0.123 e. The average molecular weight is 265 g/mol. The molecule has 0 spiro atoms. The molecule has 2 atom stereocenters. The Kier molecular flexibility index (Phi) is 4.99. The van der Waals surface area contributed by atoms with Gasteiger partial charge in [-0.1, -0.05) is 0 Å². The third-order valence-electron chi connectivity index (χ3n) is 2.83. The van der Waals surface area contributed by atoms with Crippen LogP contribution in [0.25, 0.3) is 0 Å². The first-order valence-corrected chi connectivity index (χ1v) is 7.03. The Morgan fingerprint density at radius 3 is 2.94 bits per heavy atom. The molecule has 0 aromatic carbocycles. The zero-order valence-corrected chi connectivity index (χ0v) is 11.6. The van der Waals surface area contributed by atoms with E-state index >= 15 is 0 Å². The van der Waals surface area contributed by atoms with Crippen LogP contribution in [0.1, 0.15) is 24.3 Å². The van der Waals surface area contributed by atoms with Gasteiger partial charge in [0, 0.05) is 13.2 Å². The van der Waals surface area contributed by atoms with Gasteiger partial charge in [0.2, 0.25) is 0 Å². The fourth-order valence-electron chi connectivity index (χ4n) is 2.03. The molecule has 3 nitrogen and oxygen atoms in total. The number of hydrogen-bond donors (Lipinski definition) is 1. The molecule has 18 heavy (non-hydrogen) atoms. The number of rotatable bonds is 7. The predicted octanol–water partition coefficient (Wildman–Crippen LogP) is 3.25. The van der Waals surface area contributed by atoms with Gasteiger partial charge in [0.25, 0.3) is 0 Å². The molecule has 0 aliphatic rings. The summed E-state index contributed by atoms with van der Waals surface area (Å²) in [5, 5.41) is 7.85. The highest BCUT2D eigenvalue weighted by Crippen LogP contribution is 2.16. The Morgan fingerprint density at radius 1 is 1.44 bits per heavy atom. The van der Waals surface area contributed by atoms with E-state index in [0.717, 1.165) is 12.2 Å². The Labute approximate surface area is 112 Å². The van der Waals surface area contributed by atoms with Gasteiger partial charge in [-0.05, 0) is 47.9 Å². The van der Waals surface area contributed by atoms with E-state index in [4.69, 9.17) is 9.15 Å². The van der Waals surface area contributed by atoms with Crippen LogP contribution < -0.4 is 5.32 Å². The standard InChI is InChI=1S/C14H19NO2S/c1-11(8-12-5-7-18-10-12)15-13(9-16-2)14-4-3-6-17-14/h3-7,10-11,13,15H,8-9H2,1-2H3. The van der Waals surface area contributed by atoms with Crippen molar-refractivity contribution < 1.29 is 9.15 Å². The lowest BCUT2D eigenvalue weighted by Gasteiger charge is -2.21. The second kappa shape index (κ2) is 6.73. The number of methoxy groups -OCH3 is 1. The number of nitrogens with one attached hydrogen (secondary N) is 1. The summed E-state index contributed by atoms with van der Waals surface area (Å²) >= 11 is 1.74. The van der Waals surface area contributed by atoms with Gasteiger partial charge in [-0.15, -0.1) is 0 Å². The van der Waals surface area contributed by atoms with Gasteiger partial charge >= 0.3 is 0 Å². The van der Waals surface area contributed by atoms with Gasteiger partial charge in [-0.25, -0.2) is 0 Å². The van der Waals surface area contributed by atoms with Crippen LogP contribution >= 0.6 is 11.3 Å². The number of ether oxygens (including phenoxy) is 1. The summed E-state index contributed by atoms with van der Waals surface area (Å²) in [5.74, 6) is 0.925.